The molecule has 1 rings (SSSR count). The fraction of sp³-hybridized carbons (Fsp3) is 1.00. The van der Waals surface area contributed by atoms with E-state index in [1.807, 2.05) is 0 Å². The van der Waals surface area contributed by atoms with Crippen LogP contribution in [0, 0.1) is 0 Å². The van der Waals surface area contributed by atoms with Crippen molar-refractivity contribution in [1.82, 2.24) is 0 Å². The maximum Gasteiger partial charge on any atom is 0.0857 e. The lowest BCUT2D eigenvalue weighted by atomic mass is 9.98. The molecule has 0 N–H and O–H groups in total. The van der Waals surface area contributed by atoms with E-state index >= 15 is 0 Å². The molecule has 1 saturated carbocycles. The van der Waals surface area contributed by atoms with Crippen LogP contribution in [0.3, 0.4) is 0 Å². The van der Waals surface area contributed by atoms with Crippen molar-refractivity contribution in [1.29, 1.82) is 0 Å². The summed E-state index contributed by atoms with van der Waals surface area (Å²) in [5, 5.41) is 0. The highest BCUT2D eigenvalue weighted by molar-refractivity contribution is 14.2. The van der Waals surface area contributed by atoms with Gasteiger partial charge in [0, 0.05) is 21.2 Å². The summed E-state index contributed by atoms with van der Waals surface area (Å²) in [6.07, 6.45) is 6.84. The van der Waals surface area contributed by atoms with E-state index in [0.29, 0.717) is 72.2 Å². The van der Waals surface area contributed by atoms with Crippen molar-refractivity contribution in [3.8, 4) is 0 Å². The maximum absolute atomic E-state index is 5.79. The first-order valence-corrected chi connectivity index (χ1v) is 12.0. The van der Waals surface area contributed by atoms with Gasteiger partial charge in [0.25, 0.3) is 0 Å². The van der Waals surface area contributed by atoms with Crippen LogP contribution in [-0.2, 0) is 27.9 Å². The monoisotopic (exact) mass is 478 g/mol. The van der Waals surface area contributed by atoms with Crippen molar-refractivity contribution in [3.05, 3.63) is 0 Å². The molecule has 1 aliphatic carbocycles. The summed E-state index contributed by atoms with van der Waals surface area (Å²) >= 11 is 2.08. The third-order valence-electron chi connectivity index (χ3n) is 3.60. The summed E-state index contributed by atoms with van der Waals surface area (Å²) in [6, 6.07) is 0. The third-order valence-corrected chi connectivity index (χ3v) is 4.62. The van der Waals surface area contributed by atoms with Crippen molar-refractivity contribution in [2.75, 3.05) is 66.1 Å². The molecule has 6 nitrogen and oxygen atoms in total. The highest BCUT2D eigenvalue weighted by atomic mass is 127. The minimum absolute atomic E-state index is 0.456. The third kappa shape index (κ3) is 15.1. The average Bonchev–Trinajstić information content (AvgIpc) is 2.62. The average molecular weight is 478 g/mol. The van der Waals surface area contributed by atoms with Crippen LogP contribution in [0.1, 0.15) is 32.1 Å². The van der Waals surface area contributed by atoms with E-state index < -0.39 is 0 Å². The molecule has 1 fully saturated rings. The second kappa shape index (κ2) is 18.6. The molecule has 24 heavy (non-hydrogen) atoms. The zero-order valence-corrected chi connectivity index (χ0v) is 17.4. The van der Waals surface area contributed by atoms with Gasteiger partial charge in [-0.1, -0.05) is 19.3 Å². The Hall–Kier alpha value is 0.840. The van der Waals surface area contributed by atoms with Gasteiger partial charge < -0.3 is 27.9 Å². The normalized spacial score (nSPS) is 15.9. The molecule has 0 aromatic heterocycles. The van der Waals surface area contributed by atoms with E-state index in [2.05, 4.69) is 21.2 Å². The van der Waals surface area contributed by atoms with Crippen molar-refractivity contribution in [2.24, 2.45) is 0 Å². The molecule has 0 spiro atoms. The number of halogens is 1. The number of hydrogen-bond acceptors (Lipinski definition) is 7. The Kier molecular flexibility index (Phi) is 17.8. The molecule has 144 valence electrons. The zero-order valence-electron chi connectivity index (χ0n) is 14.4. The Morgan fingerprint density at radius 3 is 1.58 bits per heavy atom. The topological polar surface area (TPSA) is 55.4 Å². The molecule has 1 aliphatic rings. The highest BCUT2D eigenvalue weighted by Gasteiger charge is 2.12. The summed E-state index contributed by atoms with van der Waals surface area (Å²) in [5.41, 5.74) is 0. The van der Waals surface area contributed by atoms with E-state index in [-0.39, 0.29) is 0 Å². The SMILES string of the molecule is ISOCCOCCOCCOCCOCCOC1CCCCC1. The lowest BCUT2D eigenvalue weighted by molar-refractivity contribution is -0.0298. The van der Waals surface area contributed by atoms with Gasteiger partial charge in [0.15, 0.2) is 0 Å². The van der Waals surface area contributed by atoms with Crippen LogP contribution in [0.15, 0.2) is 0 Å². The second-order valence-corrected chi connectivity index (χ2v) is 6.91. The molecule has 0 aromatic rings. The van der Waals surface area contributed by atoms with Gasteiger partial charge in [0.1, 0.15) is 0 Å². The van der Waals surface area contributed by atoms with Gasteiger partial charge in [-0.05, 0) is 12.8 Å². The van der Waals surface area contributed by atoms with E-state index in [1.165, 1.54) is 41.3 Å². The number of hydrogen-bond donors (Lipinski definition) is 0. The van der Waals surface area contributed by atoms with Crippen LogP contribution in [0.5, 0.6) is 0 Å². The molecule has 0 bridgehead atoms. The van der Waals surface area contributed by atoms with Gasteiger partial charge in [-0.3, -0.25) is 0 Å². The van der Waals surface area contributed by atoms with Crippen molar-refractivity contribution >= 4 is 30.4 Å². The first-order valence-electron chi connectivity index (χ1n) is 8.76. The van der Waals surface area contributed by atoms with Crippen LogP contribution in [0.25, 0.3) is 0 Å². The van der Waals surface area contributed by atoms with Crippen LogP contribution in [0.4, 0.5) is 0 Å². The lowest BCUT2D eigenvalue weighted by Gasteiger charge is -2.21. The number of rotatable bonds is 17. The Morgan fingerprint density at radius 1 is 0.625 bits per heavy atom. The van der Waals surface area contributed by atoms with Gasteiger partial charge in [0.2, 0.25) is 0 Å². The molecule has 0 radical (unpaired) electrons. The molecule has 0 aromatic carbocycles. The van der Waals surface area contributed by atoms with Gasteiger partial charge in [-0.15, -0.1) is 0 Å². The summed E-state index contributed by atoms with van der Waals surface area (Å²) in [7, 11) is 1.32. The maximum atomic E-state index is 5.79. The smallest absolute Gasteiger partial charge is 0.0857 e. The molecular formula is C16H31IO6S. The van der Waals surface area contributed by atoms with Crippen molar-refractivity contribution < 1.29 is 27.9 Å². The van der Waals surface area contributed by atoms with E-state index in [4.69, 9.17) is 27.9 Å². The molecule has 0 heterocycles. The zero-order chi connectivity index (χ0) is 17.1. The van der Waals surface area contributed by atoms with E-state index in [9.17, 15) is 0 Å². The Morgan fingerprint density at radius 2 is 1.08 bits per heavy atom. The van der Waals surface area contributed by atoms with Crippen molar-refractivity contribution in [2.45, 2.75) is 38.2 Å². The standard InChI is InChI=1S/C16H31IO6S/c17-24-23-15-13-21-11-9-19-7-6-18-8-10-20-12-14-22-16-4-2-1-3-5-16/h16H,1-15H2. The first kappa shape index (κ1) is 22.9. The summed E-state index contributed by atoms with van der Waals surface area (Å²) in [6.45, 7) is 6.04. The summed E-state index contributed by atoms with van der Waals surface area (Å²) in [4.78, 5) is 0. The van der Waals surface area contributed by atoms with Crippen LogP contribution in [0.2, 0.25) is 0 Å². The van der Waals surface area contributed by atoms with Gasteiger partial charge in [-0.2, -0.15) is 0 Å². The molecule has 0 unspecified atom stereocenters. The molecule has 0 aliphatic heterocycles. The summed E-state index contributed by atoms with van der Waals surface area (Å²) in [5.74, 6) is 0. The molecular weight excluding hydrogens is 447 g/mol. The Labute approximate surface area is 162 Å². The minimum atomic E-state index is 0.456. The quantitative estimate of drug-likeness (QED) is 0.180. The fourth-order valence-corrected chi connectivity index (χ4v) is 3.06. The van der Waals surface area contributed by atoms with Gasteiger partial charge in [-0.25, -0.2) is 0 Å². The molecule has 0 amide bonds. The second-order valence-electron chi connectivity index (χ2n) is 5.47. The van der Waals surface area contributed by atoms with Crippen LogP contribution >= 0.6 is 30.4 Å². The van der Waals surface area contributed by atoms with E-state index in [0.717, 1.165) is 0 Å². The molecule has 0 atom stereocenters. The predicted molar refractivity (Wildman–Crippen MR) is 104 cm³/mol. The largest absolute Gasteiger partial charge is 0.377 e. The van der Waals surface area contributed by atoms with Crippen molar-refractivity contribution in [3.63, 3.8) is 0 Å². The van der Waals surface area contributed by atoms with Crippen LogP contribution in [-0.4, -0.2) is 72.2 Å². The first-order chi connectivity index (χ1) is 11.9. The Balaban J connectivity index is 1.66. The lowest BCUT2D eigenvalue weighted by Crippen LogP contribution is -2.19. The predicted octanol–water partition coefficient (Wildman–Crippen LogP) is 3.42. The fourth-order valence-electron chi connectivity index (χ4n) is 2.39. The van der Waals surface area contributed by atoms with Gasteiger partial charge in [0.05, 0.1) is 81.4 Å². The van der Waals surface area contributed by atoms with Crippen LogP contribution < -0.4 is 0 Å². The highest BCUT2D eigenvalue weighted by Crippen LogP contribution is 2.19. The number of ether oxygens (including phenoxy) is 5. The summed E-state index contributed by atoms with van der Waals surface area (Å²) < 4.78 is 32.5. The Bertz CT molecular complexity index is 257. The van der Waals surface area contributed by atoms with E-state index in [1.54, 1.807) is 0 Å². The molecule has 0 saturated heterocycles. The molecule has 8 heteroatoms. The van der Waals surface area contributed by atoms with Gasteiger partial charge >= 0.3 is 0 Å². The minimum Gasteiger partial charge on any atom is -0.377 e.